The van der Waals surface area contributed by atoms with Crippen LogP contribution in [-0.2, 0) is 4.74 Å². The van der Waals surface area contributed by atoms with Gasteiger partial charge in [0, 0.05) is 36.2 Å². The number of piperidine rings is 1. The summed E-state index contributed by atoms with van der Waals surface area (Å²) < 4.78 is 18.4. The van der Waals surface area contributed by atoms with Crippen molar-refractivity contribution in [1.82, 2.24) is 5.32 Å². The molecule has 1 heterocycles. The van der Waals surface area contributed by atoms with Crippen LogP contribution in [0.2, 0.25) is 0 Å². The van der Waals surface area contributed by atoms with Crippen molar-refractivity contribution in [2.45, 2.75) is 45.3 Å². The average molecular weight is 429 g/mol. The smallest absolute Gasteiger partial charge is 0.407 e. The molecule has 1 atom stereocenters. The SMILES string of the molecule is CC(C)(C)OC(=O)N[C@H]1CCCN(c2ccc(C(=O)Nc3ccc(F)cc3)c(N)c2)C1. The number of nitrogens with one attached hydrogen (secondary N) is 2. The third-order valence-electron chi connectivity index (χ3n) is 4.89. The van der Waals surface area contributed by atoms with Gasteiger partial charge in [-0.1, -0.05) is 0 Å². The Hall–Kier alpha value is -3.29. The number of hydrogen-bond acceptors (Lipinski definition) is 5. The summed E-state index contributed by atoms with van der Waals surface area (Å²) >= 11 is 0. The summed E-state index contributed by atoms with van der Waals surface area (Å²) in [5.41, 5.74) is 7.67. The lowest BCUT2D eigenvalue weighted by molar-refractivity contribution is 0.0500. The van der Waals surface area contributed by atoms with Crippen molar-refractivity contribution in [2.75, 3.05) is 29.0 Å². The average Bonchev–Trinajstić information content (AvgIpc) is 2.68. The normalized spacial score (nSPS) is 16.5. The van der Waals surface area contributed by atoms with Crippen molar-refractivity contribution in [3.63, 3.8) is 0 Å². The maximum absolute atomic E-state index is 13.0. The van der Waals surface area contributed by atoms with Gasteiger partial charge in [-0.05, 0) is 76.1 Å². The minimum atomic E-state index is -0.544. The van der Waals surface area contributed by atoms with E-state index in [0.29, 0.717) is 23.5 Å². The highest BCUT2D eigenvalue weighted by molar-refractivity contribution is 6.08. The van der Waals surface area contributed by atoms with E-state index in [9.17, 15) is 14.0 Å². The summed E-state index contributed by atoms with van der Waals surface area (Å²) in [6.07, 6.45) is 1.35. The van der Waals surface area contributed by atoms with E-state index in [1.54, 1.807) is 12.1 Å². The highest BCUT2D eigenvalue weighted by Gasteiger charge is 2.25. The quantitative estimate of drug-likeness (QED) is 0.636. The first kappa shape index (κ1) is 22.4. The summed E-state index contributed by atoms with van der Waals surface area (Å²) in [6, 6.07) is 10.8. The molecule has 166 valence electrons. The largest absolute Gasteiger partial charge is 0.444 e. The van der Waals surface area contributed by atoms with Gasteiger partial charge in [0.1, 0.15) is 11.4 Å². The van der Waals surface area contributed by atoms with Crippen LogP contribution < -0.4 is 21.3 Å². The van der Waals surface area contributed by atoms with E-state index in [1.165, 1.54) is 24.3 Å². The molecule has 2 amide bonds. The molecule has 8 heteroatoms. The van der Waals surface area contributed by atoms with Crippen LogP contribution in [0.25, 0.3) is 0 Å². The van der Waals surface area contributed by atoms with Crippen molar-refractivity contribution in [2.24, 2.45) is 0 Å². The molecule has 1 saturated heterocycles. The van der Waals surface area contributed by atoms with Crippen LogP contribution in [-0.4, -0.2) is 36.7 Å². The van der Waals surface area contributed by atoms with E-state index in [2.05, 4.69) is 15.5 Å². The molecule has 31 heavy (non-hydrogen) atoms. The molecule has 2 aromatic rings. The van der Waals surface area contributed by atoms with Crippen molar-refractivity contribution < 1.29 is 18.7 Å². The van der Waals surface area contributed by atoms with Crippen LogP contribution >= 0.6 is 0 Å². The molecule has 4 N–H and O–H groups in total. The second-order valence-electron chi connectivity index (χ2n) is 8.66. The number of nitrogens with zero attached hydrogens (tertiary/aromatic N) is 1. The van der Waals surface area contributed by atoms with Crippen LogP contribution in [0.15, 0.2) is 42.5 Å². The molecule has 7 nitrogen and oxygen atoms in total. The lowest BCUT2D eigenvalue weighted by atomic mass is 10.0. The van der Waals surface area contributed by atoms with Gasteiger partial charge in [0.25, 0.3) is 5.91 Å². The van der Waals surface area contributed by atoms with E-state index in [0.717, 1.165) is 25.1 Å². The molecule has 2 aromatic carbocycles. The zero-order valence-corrected chi connectivity index (χ0v) is 18.1. The number of benzene rings is 2. The summed E-state index contributed by atoms with van der Waals surface area (Å²) in [4.78, 5) is 26.7. The number of carbonyl (C=O) groups is 2. The first-order valence-electron chi connectivity index (χ1n) is 10.3. The molecule has 0 saturated carbocycles. The highest BCUT2D eigenvalue weighted by atomic mass is 19.1. The third kappa shape index (κ3) is 6.34. The topological polar surface area (TPSA) is 96.7 Å². The molecule has 1 aliphatic heterocycles. The number of amides is 2. The van der Waals surface area contributed by atoms with Crippen LogP contribution in [0.5, 0.6) is 0 Å². The second-order valence-corrected chi connectivity index (χ2v) is 8.66. The molecule has 3 rings (SSSR count). The Morgan fingerprint density at radius 3 is 2.52 bits per heavy atom. The minimum Gasteiger partial charge on any atom is -0.444 e. The fourth-order valence-corrected chi connectivity index (χ4v) is 3.49. The number of rotatable bonds is 4. The van der Waals surface area contributed by atoms with Gasteiger partial charge >= 0.3 is 6.09 Å². The van der Waals surface area contributed by atoms with E-state index in [-0.39, 0.29) is 17.8 Å². The molecule has 0 unspecified atom stereocenters. The van der Waals surface area contributed by atoms with Gasteiger partial charge in [-0.3, -0.25) is 4.79 Å². The molecule has 0 aliphatic carbocycles. The Balaban J connectivity index is 1.64. The van der Waals surface area contributed by atoms with Crippen molar-refractivity contribution >= 4 is 29.1 Å². The maximum atomic E-state index is 13.0. The number of nitrogen functional groups attached to an aromatic ring is 1. The monoisotopic (exact) mass is 428 g/mol. The van der Waals surface area contributed by atoms with Crippen molar-refractivity contribution in [1.29, 1.82) is 0 Å². The van der Waals surface area contributed by atoms with E-state index >= 15 is 0 Å². The Morgan fingerprint density at radius 1 is 1.16 bits per heavy atom. The van der Waals surface area contributed by atoms with Gasteiger partial charge in [-0.2, -0.15) is 0 Å². The number of halogens is 1. The molecule has 0 radical (unpaired) electrons. The molecule has 1 fully saturated rings. The second kappa shape index (κ2) is 9.24. The zero-order valence-electron chi connectivity index (χ0n) is 18.1. The molecule has 0 spiro atoms. The van der Waals surface area contributed by atoms with E-state index < -0.39 is 11.7 Å². The van der Waals surface area contributed by atoms with Crippen LogP contribution in [0.4, 0.5) is 26.2 Å². The highest BCUT2D eigenvalue weighted by Crippen LogP contribution is 2.25. The van der Waals surface area contributed by atoms with Gasteiger partial charge in [0.2, 0.25) is 0 Å². The number of carbonyl (C=O) groups excluding carboxylic acids is 2. The van der Waals surface area contributed by atoms with Crippen LogP contribution in [0.1, 0.15) is 44.0 Å². The summed E-state index contributed by atoms with van der Waals surface area (Å²) in [5.74, 6) is -0.735. The fourth-order valence-electron chi connectivity index (χ4n) is 3.49. The van der Waals surface area contributed by atoms with Crippen molar-refractivity contribution in [3.05, 3.63) is 53.8 Å². The van der Waals surface area contributed by atoms with Crippen molar-refractivity contribution in [3.8, 4) is 0 Å². The fraction of sp³-hybridized carbons (Fsp3) is 0.391. The number of ether oxygens (including phenoxy) is 1. The molecular formula is C23H29FN4O3. The summed E-state index contributed by atoms with van der Waals surface area (Å²) in [6.45, 7) is 6.94. The third-order valence-corrected chi connectivity index (χ3v) is 4.89. The molecule has 0 bridgehead atoms. The minimum absolute atomic E-state index is 0.0359. The van der Waals surface area contributed by atoms with E-state index in [1.807, 2.05) is 26.8 Å². The standard InChI is InChI=1S/C23H29FN4O3/c1-23(2,3)31-22(30)27-17-5-4-12-28(14-17)18-10-11-19(20(25)13-18)21(29)26-16-8-6-15(24)7-9-16/h6-11,13,17H,4-5,12,14,25H2,1-3H3,(H,26,29)(H,27,30)/t17-/m0/s1. The van der Waals surface area contributed by atoms with Crippen LogP contribution in [0.3, 0.4) is 0 Å². The Kier molecular flexibility index (Phi) is 6.68. The van der Waals surface area contributed by atoms with Gasteiger partial charge in [0.05, 0.1) is 5.56 Å². The summed E-state index contributed by atoms with van der Waals surface area (Å²) in [5, 5.41) is 5.64. The molecular weight excluding hydrogens is 399 g/mol. The number of alkyl carbamates (subject to hydrolysis) is 1. The Bertz CT molecular complexity index is 941. The maximum Gasteiger partial charge on any atom is 0.407 e. The van der Waals surface area contributed by atoms with Gasteiger partial charge in [0.15, 0.2) is 0 Å². The first-order chi connectivity index (χ1) is 14.6. The van der Waals surface area contributed by atoms with Gasteiger partial charge < -0.3 is 26.0 Å². The van der Waals surface area contributed by atoms with Gasteiger partial charge in [-0.15, -0.1) is 0 Å². The predicted octanol–water partition coefficient (Wildman–Crippen LogP) is 4.15. The predicted molar refractivity (Wildman–Crippen MR) is 120 cm³/mol. The zero-order chi connectivity index (χ0) is 22.6. The van der Waals surface area contributed by atoms with Gasteiger partial charge in [-0.25, -0.2) is 9.18 Å². The molecule has 1 aliphatic rings. The van der Waals surface area contributed by atoms with Crippen LogP contribution in [0, 0.1) is 5.82 Å². The number of nitrogens with two attached hydrogens (primary N) is 1. The van der Waals surface area contributed by atoms with E-state index in [4.69, 9.17) is 10.5 Å². The molecule has 0 aromatic heterocycles. The lowest BCUT2D eigenvalue weighted by Crippen LogP contribution is -2.49. The Labute approximate surface area is 181 Å². The number of anilines is 3. The Morgan fingerprint density at radius 2 is 1.87 bits per heavy atom. The first-order valence-corrected chi connectivity index (χ1v) is 10.3. The number of hydrogen-bond donors (Lipinski definition) is 3. The lowest BCUT2D eigenvalue weighted by Gasteiger charge is -2.35. The summed E-state index contributed by atoms with van der Waals surface area (Å²) in [7, 11) is 0.